The molecule has 0 aromatic rings. The van der Waals surface area contributed by atoms with Crippen LogP contribution in [0.3, 0.4) is 0 Å². The maximum absolute atomic E-state index is 12.4. The highest BCUT2D eigenvalue weighted by Gasteiger charge is 2.62. The zero-order valence-electron chi connectivity index (χ0n) is 13.9. The molecule has 8 atom stereocenters. The summed E-state index contributed by atoms with van der Waals surface area (Å²) in [6, 6.07) is 0. The number of hydrogen-bond donors (Lipinski definition) is 2. The number of rotatable bonds is 0. The zero-order valence-corrected chi connectivity index (χ0v) is 13.9. The summed E-state index contributed by atoms with van der Waals surface area (Å²) in [7, 11) is 0. The normalized spacial score (nSPS) is 57.9. The molecule has 0 saturated heterocycles. The van der Waals surface area contributed by atoms with Gasteiger partial charge in [-0.2, -0.15) is 0 Å². The van der Waals surface area contributed by atoms with E-state index >= 15 is 0 Å². The molecule has 0 amide bonds. The average Bonchev–Trinajstić information content (AvgIpc) is 2.77. The maximum Gasteiger partial charge on any atom is 0.139 e. The van der Waals surface area contributed by atoms with Crippen molar-refractivity contribution in [3.63, 3.8) is 0 Å². The third kappa shape index (κ3) is 1.84. The van der Waals surface area contributed by atoms with Gasteiger partial charge in [0.2, 0.25) is 0 Å². The van der Waals surface area contributed by atoms with Gasteiger partial charge in [-0.15, -0.1) is 0 Å². The number of fused-ring (bicyclic) bond motifs is 5. The van der Waals surface area contributed by atoms with Crippen molar-refractivity contribution in [1.82, 2.24) is 0 Å². The summed E-state index contributed by atoms with van der Waals surface area (Å²) in [6.45, 7) is 4.57. The zero-order chi connectivity index (χ0) is 15.7. The van der Waals surface area contributed by atoms with E-state index in [2.05, 4.69) is 13.8 Å². The molecule has 22 heavy (non-hydrogen) atoms. The van der Waals surface area contributed by atoms with E-state index in [0.29, 0.717) is 29.5 Å². The van der Waals surface area contributed by atoms with Crippen LogP contribution in [-0.2, 0) is 4.79 Å². The Morgan fingerprint density at radius 2 is 1.77 bits per heavy atom. The third-order valence-electron chi connectivity index (χ3n) is 8.36. The van der Waals surface area contributed by atoms with Gasteiger partial charge >= 0.3 is 0 Å². The molecule has 0 aromatic carbocycles. The van der Waals surface area contributed by atoms with Crippen molar-refractivity contribution < 1.29 is 15.0 Å². The highest BCUT2D eigenvalue weighted by Crippen LogP contribution is 2.65. The first kappa shape index (κ1) is 15.1. The molecule has 3 heteroatoms. The second-order valence-electron chi connectivity index (χ2n) is 9.14. The molecule has 3 nitrogen and oxygen atoms in total. The van der Waals surface area contributed by atoms with Crippen LogP contribution in [0.2, 0.25) is 0 Å². The van der Waals surface area contributed by atoms with Crippen LogP contribution in [-0.4, -0.2) is 28.2 Å². The number of carbonyl (C=O) groups excluding carboxylic acids is 1. The summed E-state index contributed by atoms with van der Waals surface area (Å²) in [5.41, 5.74) is 0.0929. The van der Waals surface area contributed by atoms with Crippen LogP contribution in [0.1, 0.15) is 65.2 Å². The lowest BCUT2D eigenvalue weighted by Gasteiger charge is -2.61. The molecule has 0 aliphatic heterocycles. The third-order valence-corrected chi connectivity index (χ3v) is 8.36. The van der Waals surface area contributed by atoms with Gasteiger partial charge in [0.05, 0.1) is 12.2 Å². The van der Waals surface area contributed by atoms with Gasteiger partial charge in [0.15, 0.2) is 0 Å². The topological polar surface area (TPSA) is 57.5 Å². The number of ketones is 1. The van der Waals surface area contributed by atoms with E-state index in [-0.39, 0.29) is 23.0 Å². The standard InChI is InChI=1S/C19H30O3/c1-18-7-5-12(20)9-11(18)10-15(21)17-13-3-4-16(22)19(13,2)8-6-14(17)18/h11-15,17,20-21H,3-10H2,1-2H3/t11-,12?,13-,14-,15+,17-,18-,19-/m0/s1. The lowest BCUT2D eigenvalue weighted by Crippen LogP contribution is -2.58. The molecule has 0 aromatic heterocycles. The first-order valence-electron chi connectivity index (χ1n) is 9.25. The van der Waals surface area contributed by atoms with Gasteiger partial charge in [-0.3, -0.25) is 4.79 Å². The molecule has 0 radical (unpaired) electrons. The van der Waals surface area contributed by atoms with E-state index < -0.39 is 0 Å². The van der Waals surface area contributed by atoms with E-state index in [0.717, 1.165) is 51.4 Å². The second kappa shape index (κ2) is 4.80. The summed E-state index contributed by atoms with van der Waals surface area (Å²) >= 11 is 0. The smallest absolute Gasteiger partial charge is 0.139 e. The molecular weight excluding hydrogens is 276 g/mol. The lowest BCUT2D eigenvalue weighted by atomic mass is 9.44. The van der Waals surface area contributed by atoms with Gasteiger partial charge in [0, 0.05) is 11.8 Å². The fourth-order valence-corrected chi connectivity index (χ4v) is 6.97. The molecule has 4 saturated carbocycles. The predicted octanol–water partition coefficient (Wildman–Crippen LogP) is 2.93. The molecule has 4 aliphatic rings. The van der Waals surface area contributed by atoms with E-state index in [4.69, 9.17) is 0 Å². The number of carbonyl (C=O) groups is 1. The minimum Gasteiger partial charge on any atom is -0.393 e. The quantitative estimate of drug-likeness (QED) is 0.723. The van der Waals surface area contributed by atoms with Gasteiger partial charge in [-0.05, 0) is 74.0 Å². The van der Waals surface area contributed by atoms with Crippen LogP contribution >= 0.6 is 0 Å². The van der Waals surface area contributed by atoms with Crippen LogP contribution in [0.15, 0.2) is 0 Å². The Balaban J connectivity index is 1.69. The fourth-order valence-electron chi connectivity index (χ4n) is 6.97. The Morgan fingerprint density at radius 1 is 1.00 bits per heavy atom. The first-order chi connectivity index (χ1) is 10.4. The van der Waals surface area contributed by atoms with Gasteiger partial charge < -0.3 is 10.2 Å². The summed E-state index contributed by atoms with van der Waals surface area (Å²) in [6.07, 6.45) is 7.03. The van der Waals surface area contributed by atoms with Crippen molar-refractivity contribution in [2.75, 3.05) is 0 Å². The van der Waals surface area contributed by atoms with E-state index in [1.807, 2.05) is 0 Å². The SMILES string of the molecule is C[C@]12CCC(O)C[C@H]1C[C@@H](O)[C@@H]1[C@@H]2CC[C@]2(C)C(=O)CC[C@@H]12. The molecule has 0 heterocycles. The highest BCUT2D eigenvalue weighted by atomic mass is 16.3. The highest BCUT2D eigenvalue weighted by molar-refractivity contribution is 5.87. The second-order valence-corrected chi connectivity index (χ2v) is 9.14. The van der Waals surface area contributed by atoms with Crippen LogP contribution in [0.4, 0.5) is 0 Å². The summed E-state index contributed by atoms with van der Waals surface area (Å²) < 4.78 is 0. The molecule has 0 bridgehead atoms. The van der Waals surface area contributed by atoms with Crippen molar-refractivity contribution in [2.45, 2.75) is 77.4 Å². The largest absolute Gasteiger partial charge is 0.393 e. The Bertz CT molecular complexity index is 489. The van der Waals surface area contributed by atoms with E-state index in [1.165, 1.54) is 0 Å². The van der Waals surface area contributed by atoms with Gasteiger partial charge in [0.25, 0.3) is 0 Å². The molecule has 4 rings (SSSR count). The molecule has 124 valence electrons. The Labute approximate surface area is 133 Å². The predicted molar refractivity (Wildman–Crippen MR) is 84.1 cm³/mol. The Hall–Kier alpha value is -0.410. The molecule has 0 spiro atoms. The van der Waals surface area contributed by atoms with Crippen LogP contribution in [0.25, 0.3) is 0 Å². The minimum atomic E-state index is -0.274. The average molecular weight is 306 g/mol. The summed E-state index contributed by atoms with van der Waals surface area (Å²) in [5.74, 6) is 2.13. The Morgan fingerprint density at radius 3 is 2.55 bits per heavy atom. The van der Waals surface area contributed by atoms with Crippen LogP contribution < -0.4 is 0 Å². The van der Waals surface area contributed by atoms with Crippen molar-refractivity contribution in [1.29, 1.82) is 0 Å². The van der Waals surface area contributed by atoms with Crippen molar-refractivity contribution in [3.8, 4) is 0 Å². The molecule has 1 unspecified atom stereocenters. The first-order valence-corrected chi connectivity index (χ1v) is 9.25. The van der Waals surface area contributed by atoms with Gasteiger partial charge in [-0.1, -0.05) is 13.8 Å². The molecule has 2 N–H and O–H groups in total. The van der Waals surface area contributed by atoms with Crippen molar-refractivity contribution in [3.05, 3.63) is 0 Å². The van der Waals surface area contributed by atoms with Crippen molar-refractivity contribution >= 4 is 5.78 Å². The lowest BCUT2D eigenvalue weighted by molar-refractivity contribution is -0.171. The molecule has 4 aliphatic carbocycles. The van der Waals surface area contributed by atoms with Crippen molar-refractivity contribution in [2.24, 2.45) is 34.5 Å². The number of aliphatic hydroxyl groups excluding tert-OH is 2. The monoisotopic (exact) mass is 306 g/mol. The van der Waals surface area contributed by atoms with Gasteiger partial charge in [-0.25, -0.2) is 0 Å². The number of Topliss-reactive ketones (excluding diaryl/α,β-unsaturated/α-hetero) is 1. The number of hydrogen-bond acceptors (Lipinski definition) is 3. The van der Waals surface area contributed by atoms with E-state index in [1.54, 1.807) is 0 Å². The molecule has 4 fully saturated rings. The van der Waals surface area contributed by atoms with Crippen LogP contribution in [0.5, 0.6) is 0 Å². The Kier molecular flexibility index (Phi) is 3.30. The fraction of sp³-hybridized carbons (Fsp3) is 0.947. The van der Waals surface area contributed by atoms with E-state index in [9.17, 15) is 15.0 Å². The maximum atomic E-state index is 12.4. The summed E-state index contributed by atoms with van der Waals surface area (Å²) in [4.78, 5) is 12.4. The van der Waals surface area contributed by atoms with Crippen LogP contribution in [0, 0.1) is 34.5 Å². The minimum absolute atomic E-state index is 0.167. The summed E-state index contributed by atoms with van der Waals surface area (Å²) in [5, 5.41) is 20.9. The molecular formula is C19H30O3. The number of aliphatic hydroxyl groups is 2. The van der Waals surface area contributed by atoms with Gasteiger partial charge in [0.1, 0.15) is 5.78 Å².